The van der Waals surface area contributed by atoms with Crippen LogP contribution in [0.1, 0.15) is 31.7 Å². The number of likely N-dealkylation sites (tertiary alicyclic amines) is 1. The monoisotopic (exact) mass is 308 g/mol. The summed E-state index contributed by atoms with van der Waals surface area (Å²) in [5, 5.41) is 20.1. The van der Waals surface area contributed by atoms with Crippen molar-refractivity contribution < 1.29 is 14.9 Å². The Morgan fingerprint density at radius 1 is 1.36 bits per heavy atom. The van der Waals surface area contributed by atoms with E-state index in [1.54, 1.807) is 19.3 Å². The van der Waals surface area contributed by atoms with Crippen molar-refractivity contribution in [3.8, 4) is 0 Å². The fourth-order valence-corrected chi connectivity index (χ4v) is 3.40. The molecule has 0 radical (unpaired) electrons. The lowest BCUT2D eigenvalue weighted by molar-refractivity contribution is -0.223. The summed E-state index contributed by atoms with van der Waals surface area (Å²) in [4.78, 5) is 10.3. The molecule has 0 saturated carbocycles. The Kier molecular flexibility index (Phi) is 4.07. The molecule has 1 aromatic heterocycles. The van der Waals surface area contributed by atoms with Crippen molar-refractivity contribution >= 4 is 5.95 Å². The van der Waals surface area contributed by atoms with Crippen LogP contribution in [-0.2, 0) is 11.3 Å². The van der Waals surface area contributed by atoms with Gasteiger partial charge in [0.1, 0.15) is 6.10 Å². The number of aliphatic hydroxyl groups excluding tert-OH is 1. The van der Waals surface area contributed by atoms with Gasteiger partial charge in [0.25, 0.3) is 0 Å². The zero-order valence-corrected chi connectivity index (χ0v) is 12.9. The Hall–Kier alpha value is -1.28. The first kappa shape index (κ1) is 15.6. The fourth-order valence-electron chi connectivity index (χ4n) is 3.40. The maximum atomic E-state index is 10.3. The lowest BCUT2D eigenvalue weighted by Gasteiger charge is -2.49. The summed E-state index contributed by atoms with van der Waals surface area (Å²) in [6.07, 6.45) is 4.90. The average Bonchev–Trinajstić information content (AvgIpc) is 2.48. The van der Waals surface area contributed by atoms with Gasteiger partial charge in [0, 0.05) is 44.0 Å². The van der Waals surface area contributed by atoms with E-state index in [0.29, 0.717) is 6.42 Å². The minimum atomic E-state index is -1.06. The smallest absolute Gasteiger partial charge is 0.219 e. The number of aromatic nitrogens is 2. The fraction of sp³-hybridized carbons (Fsp3) is 0.733. The van der Waals surface area contributed by atoms with Crippen LogP contribution in [0.15, 0.2) is 12.4 Å². The summed E-state index contributed by atoms with van der Waals surface area (Å²) in [6, 6.07) is 0. The van der Waals surface area contributed by atoms with Gasteiger partial charge in [-0.05, 0) is 19.8 Å². The summed E-state index contributed by atoms with van der Waals surface area (Å²) in [6.45, 7) is 4.46. The van der Waals surface area contributed by atoms with Gasteiger partial charge in [-0.25, -0.2) is 9.97 Å². The minimum absolute atomic E-state index is 0.207. The van der Waals surface area contributed by atoms with Gasteiger partial charge in [-0.15, -0.1) is 0 Å². The predicted molar refractivity (Wildman–Crippen MR) is 80.9 cm³/mol. The molecule has 0 amide bonds. The summed E-state index contributed by atoms with van der Waals surface area (Å²) in [5.74, 6) is 0.290. The van der Waals surface area contributed by atoms with Gasteiger partial charge in [-0.3, -0.25) is 4.90 Å². The lowest BCUT2D eigenvalue weighted by Crippen LogP contribution is -2.59. The van der Waals surface area contributed by atoms with Crippen LogP contribution in [0.4, 0.5) is 5.95 Å². The van der Waals surface area contributed by atoms with Crippen LogP contribution in [0.2, 0.25) is 0 Å². The molecular formula is C15H24N4O3. The number of nitrogen functional groups attached to an aromatic ring is 1. The molecule has 7 nitrogen and oxygen atoms in total. The Morgan fingerprint density at radius 3 is 2.59 bits per heavy atom. The van der Waals surface area contributed by atoms with Crippen molar-refractivity contribution in [3.63, 3.8) is 0 Å². The van der Waals surface area contributed by atoms with E-state index >= 15 is 0 Å². The second-order valence-corrected chi connectivity index (χ2v) is 6.77. The number of ether oxygens (including phenoxy) is 1. The van der Waals surface area contributed by atoms with E-state index in [0.717, 1.165) is 38.0 Å². The van der Waals surface area contributed by atoms with Gasteiger partial charge in [-0.2, -0.15) is 0 Å². The maximum Gasteiger partial charge on any atom is 0.219 e. The summed E-state index contributed by atoms with van der Waals surface area (Å²) >= 11 is 0. The topological polar surface area (TPSA) is 105 Å². The third-order valence-corrected chi connectivity index (χ3v) is 4.84. The van der Waals surface area contributed by atoms with Gasteiger partial charge >= 0.3 is 0 Å². The van der Waals surface area contributed by atoms with Crippen LogP contribution in [0.25, 0.3) is 0 Å². The molecule has 2 aliphatic heterocycles. The molecule has 0 bridgehead atoms. The van der Waals surface area contributed by atoms with Gasteiger partial charge < -0.3 is 20.7 Å². The first-order valence-corrected chi connectivity index (χ1v) is 7.72. The van der Waals surface area contributed by atoms with E-state index in [4.69, 9.17) is 10.5 Å². The first-order chi connectivity index (χ1) is 10.4. The molecule has 3 rings (SSSR count). The standard InChI is InChI=1S/C15H24N4O3/c1-14(21)10-15(22-9-12(14)20)2-4-19(5-3-15)8-11-6-17-13(16)18-7-11/h6-7,12,20-21H,2-5,8-10H2,1H3,(H2,16,17,18)/t12-,14-/m0/s1. The Balaban J connectivity index is 1.57. The van der Waals surface area contributed by atoms with Crippen LogP contribution < -0.4 is 5.73 Å². The van der Waals surface area contributed by atoms with Crippen molar-refractivity contribution in [2.45, 2.75) is 50.0 Å². The van der Waals surface area contributed by atoms with Crippen molar-refractivity contribution in [2.75, 3.05) is 25.4 Å². The molecule has 3 heterocycles. The number of hydrogen-bond donors (Lipinski definition) is 3. The maximum absolute atomic E-state index is 10.3. The molecule has 7 heteroatoms. The second-order valence-electron chi connectivity index (χ2n) is 6.77. The molecule has 4 N–H and O–H groups in total. The highest BCUT2D eigenvalue weighted by Crippen LogP contribution is 2.39. The summed E-state index contributed by atoms with van der Waals surface area (Å²) in [5.41, 5.74) is 5.16. The van der Waals surface area contributed by atoms with Crippen molar-refractivity contribution in [2.24, 2.45) is 0 Å². The van der Waals surface area contributed by atoms with E-state index in [1.807, 2.05) is 0 Å². The molecule has 0 aromatic carbocycles. The Labute approximate surface area is 130 Å². The van der Waals surface area contributed by atoms with Crippen molar-refractivity contribution in [1.29, 1.82) is 0 Å². The number of hydrogen-bond acceptors (Lipinski definition) is 7. The van der Waals surface area contributed by atoms with Gasteiger partial charge in [0.2, 0.25) is 5.95 Å². The molecule has 2 saturated heterocycles. The lowest BCUT2D eigenvalue weighted by atomic mass is 9.76. The quantitative estimate of drug-likeness (QED) is 0.702. The van der Waals surface area contributed by atoms with Gasteiger partial charge in [0.15, 0.2) is 0 Å². The van der Waals surface area contributed by atoms with Crippen molar-refractivity contribution in [3.05, 3.63) is 18.0 Å². The van der Waals surface area contributed by atoms with Crippen molar-refractivity contribution in [1.82, 2.24) is 14.9 Å². The van der Waals surface area contributed by atoms with Gasteiger partial charge in [-0.1, -0.05) is 0 Å². The Morgan fingerprint density at radius 2 is 2.00 bits per heavy atom. The average molecular weight is 308 g/mol. The zero-order valence-electron chi connectivity index (χ0n) is 12.9. The van der Waals surface area contributed by atoms with Crippen LogP contribution >= 0.6 is 0 Å². The molecule has 22 heavy (non-hydrogen) atoms. The molecule has 2 atom stereocenters. The minimum Gasteiger partial charge on any atom is -0.388 e. The molecule has 1 spiro atoms. The van der Waals surface area contributed by atoms with E-state index in [1.165, 1.54) is 0 Å². The highest BCUT2D eigenvalue weighted by atomic mass is 16.5. The van der Waals surface area contributed by atoms with E-state index < -0.39 is 11.7 Å². The van der Waals surface area contributed by atoms with E-state index in [2.05, 4.69) is 14.9 Å². The normalized spacial score (nSPS) is 32.2. The summed E-state index contributed by atoms with van der Waals surface area (Å²) in [7, 11) is 0. The molecular weight excluding hydrogens is 284 g/mol. The molecule has 2 aliphatic rings. The third kappa shape index (κ3) is 3.22. The van der Waals surface area contributed by atoms with E-state index in [9.17, 15) is 10.2 Å². The number of anilines is 1. The van der Waals surface area contributed by atoms with Crippen LogP contribution in [0, 0.1) is 0 Å². The van der Waals surface area contributed by atoms with Crippen LogP contribution in [0.5, 0.6) is 0 Å². The molecule has 2 fully saturated rings. The molecule has 0 unspecified atom stereocenters. The number of rotatable bonds is 2. The highest BCUT2D eigenvalue weighted by molar-refractivity contribution is 5.17. The van der Waals surface area contributed by atoms with Crippen LogP contribution in [-0.4, -0.2) is 62.1 Å². The number of nitrogens with zero attached hydrogens (tertiary/aromatic N) is 3. The molecule has 1 aromatic rings. The highest BCUT2D eigenvalue weighted by Gasteiger charge is 2.48. The zero-order chi connectivity index (χ0) is 15.8. The number of nitrogens with two attached hydrogens (primary N) is 1. The Bertz CT molecular complexity index is 512. The number of piperidine rings is 1. The number of aliphatic hydroxyl groups is 2. The summed E-state index contributed by atoms with van der Waals surface area (Å²) < 4.78 is 5.89. The molecule has 0 aliphatic carbocycles. The largest absolute Gasteiger partial charge is 0.388 e. The van der Waals surface area contributed by atoms with Gasteiger partial charge in [0.05, 0.1) is 17.8 Å². The second kappa shape index (κ2) is 5.73. The molecule has 122 valence electrons. The SMILES string of the molecule is C[C@]1(O)CC2(CCN(Cc3cnc(N)nc3)CC2)OC[C@@H]1O. The first-order valence-electron chi connectivity index (χ1n) is 7.72. The predicted octanol–water partition coefficient (Wildman–Crippen LogP) is -0.0744. The van der Waals surface area contributed by atoms with E-state index in [-0.39, 0.29) is 18.2 Å². The van der Waals surface area contributed by atoms with Crippen LogP contribution in [0.3, 0.4) is 0 Å². The third-order valence-electron chi connectivity index (χ3n) is 4.84.